The van der Waals surface area contributed by atoms with E-state index >= 15 is 0 Å². The second kappa shape index (κ2) is 9.22. The number of aromatic nitrogens is 7. The topological polar surface area (TPSA) is 123 Å². The van der Waals surface area contributed by atoms with E-state index in [1.165, 1.54) is 4.52 Å². The number of amides is 1. The first kappa shape index (κ1) is 23.0. The highest BCUT2D eigenvalue weighted by Gasteiger charge is 2.29. The fourth-order valence-electron chi connectivity index (χ4n) is 4.52. The van der Waals surface area contributed by atoms with E-state index in [2.05, 4.69) is 41.9 Å². The number of hydrogen-bond acceptors (Lipinski definition) is 5. The molecule has 10 nitrogen and oxygen atoms in total. The van der Waals surface area contributed by atoms with Crippen LogP contribution in [0.25, 0.3) is 22.4 Å². The number of carbonyl (C=O) groups is 1. The molecule has 0 aliphatic carbocycles. The highest BCUT2D eigenvalue weighted by Crippen LogP contribution is 2.22. The molecule has 0 saturated heterocycles. The van der Waals surface area contributed by atoms with Crippen LogP contribution in [0.15, 0.2) is 79.3 Å². The number of carbonyl (C=O) groups excluding carboxylic acids is 1. The predicted octanol–water partition coefficient (Wildman–Crippen LogP) is 2.69. The summed E-state index contributed by atoms with van der Waals surface area (Å²) in [7, 11) is 1.86. The zero-order chi connectivity index (χ0) is 26.2. The van der Waals surface area contributed by atoms with E-state index in [4.69, 9.17) is 5.73 Å². The van der Waals surface area contributed by atoms with Crippen molar-refractivity contribution in [2.75, 3.05) is 5.73 Å². The fraction of sp³-hybridized carbons (Fsp3) is 0.107. The fourth-order valence-corrected chi connectivity index (χ4v) is 4.52. The minimum atomic E-state index is -0.428. The Bertz CT molecular complexity index is 1870. The van der Waals surface area contributed by atoms with Crippen LogP contribution in [0, 0.1) is 11.8 Å². The first-order valence-corrected chi connectivity index (χ1v) is 12.0. The van der Waals surface area contributed by atoms with Gasteiger partial charge in [0.05, 0.1) is 17.3 Å². The number of H-pyrrole nitrogens is 1. The summed E-state index contributed by atoms with van der Waals surface area (Å²) in [5.74, 6) is 7.02. The van der Waals surface area contributed by atoms with Crippen LogP contribution in [-0.2, 0) is 7.05 Å². The summed E-state index contributed by atoms with van der Waals surface area (Å²) in [5, 5.41) is 11.5. The Labute approximate surface area is 217 Å². The lowest BCUT2D eigenvalue weighted by Gasteiger charge is -2.11. The number of rotatable bonds is 4. The number of aryl methyl sites for hydroxylation is 1. The molecule has 0 aliphatic heterocycles. The van der Waals surface area contributed by atoms with Gasteiger partial charge in [-0.25, -0.2) is 14.5 Å². The maximum Gasteiger partial charge on any atom is 0.283 e. The highest BCUT2D eigenvalue weighted by molar-refractivity contribution is 5.98. The lowest BCUT2D eigenvalue weighted by molar-refractivity contribution is -0.578. The molecule has 0 radical (unpaired) electrons. The summed E-state index contributed by atoms with van der Waals surface area (Å²) in [4.78, 5) is 21.1. The van der Waals surface area contributed by atoms with E-state index < -0.39 is 6.04 Å². The van der Waals surface area contributed by atoms with Gasteiger partial charge in [0.25, 0.3) is 11.7 Å². The van der Waals surface area contributed by atoms with Crippen LogP contribution in [0.2, 0.25) is 0 Å². The van der Waals surface area contributed by atoms with Crippen LogP contribution in [0.4, 0.5) is 5.82 Å². The molecule has 6 rings (SSSR count). The Kier molecular flexibility index (Phi) is 5.58. The second-order valence-corrected chi connectivity index (χ2v) is 8.87. The number of nitrogen functional groups attached to an aromatic ring is 1. The van der Waals surface area contributed by atoms with Gasteiger partial charge < -0.3 is 11.1 Å². The highest BCUT2D eigenvalue weighted by atomic mass is 16.2. The van der Waals surface area contributed by atoms with Gasteiger partial charge in [-0.2, -0.15) is 14.8 Å². The summed E-state index contributed by atoms with van der Waals surface area (Å²) in [6.07, 6.45) is 5.20. The minimum Gasteiger partial charge on any atom is -0.382 e. The summed E-state index contributed by atoms with van der Waals surface area (Å²) in [5.41, 5.74) is 11.2. The zero-order valence-corrected chi connectivity index (χ0v) is 20.8. The average molecular weight is 503 g/mol. The van der Waals surface area contributed by atoms with Crippen LogP contribution in [-0.4, -0.2) is 35.3 Å². The van der Waals surface area contributed by atoms with Gasteiger partial charge in [0.15, 0.2) is 28.2 Å². The summed E-state index contributed by atoms with van der Waals surface area (Å²) < 4.78 is 5.25. The Hall–Kier alpha value is -5.43. The summed E-state index contributed by atoms with van der Waals surface area (Å²) in [6, 6.07) is 18.9. The number of benzene rings is 2. The van der Waals surface area contributed by atoms with Gasteiger partial charge in [-0.15, -0.1) is 0 Å². The van der Waals surface area contributed by atoms with Crippen LogP contribution in [0.1, 0.15) is 40.4 Å². The average Bonchev–Trinajstić information content (AvgIpc) is 3.62. The van der Waals surface area contributed by atoms with Crippen molar-refractivity contribution in [3.63, 3.8) is 0 Å². The van der Waals surface area contributed by atoms with Crippen molar-refractivity contribution in [3.8, 4) is 17.5 Å². The molecule has 1 unspecified atom stereocenters. The molecule has 186 valence electrons. The predicted molar refractivity (Wildman–Crippen MR) is 142 cm³/mol. The van der Waals surface area contributed by atoms with Crippen LogP contribution in [0.5, 0.6) is 0 Å². The SMILES string of the molecule is CC(NC(=O)c1c(N)nc2cccnn12)c1[nH]c2cccc(C#Cc3cnn(C)c3)c2[n+]1-c1ccccc1. The van der Waals surface area contributed by atoms with E-state index in [1.54, 1.807) is 29.2 Å². The van der Waals surface area contributed by atoms with Crippen LogP contribution >= 0.6 is 0 Å². The molecule has 0 saturated carbocycles. The maximum absolute atomic E-state index is 13.4. The smallest absolute Gasteiger partial charge is 0.283 e. The lowest BCUT2D eigenvalue weighted by Crippen LogP contribution is -2.40. The summed E-state index contributed by atoms with van der Waals surface area (Å²) in [6.45, 7) is 1.91. The number of nitrogens with one attached hydrogen (secondary N) is 2. The molecular weight excluding hydrogens is 478 g/mol. The van der Waals surface area contributed by atoms with E-state index in [1.807, 2.05) is 68.7 Å². The number of fused-ring (bicyclic) bond motifs is 2. The minimum absolute atomic E-state index is 0.119. The molecule has 0 aliphatic rings. The number of anilines is 1. The van der Waals surface area contributed by atoms with Gasteiger partial charge in [-0.05, 0) is 43.3 Å². The molecular formula is C28H24N9O+. The Morgan fingerprint density at radius 2 is 1.92 bits per heavy atom. The van der Waals surface area contributed by atoms with Gasteiger partial charge in [-0.1, -0.05) is 36.1 Å². The third kappa shape index (κ3) is 4.02. The molecule has 4 aromatic heterocycles. The number of para-hydroxylation sites is 2. The second-order valence-electron chi connectivity index (χ2n) is 8.87. The first-order chi connectivity index (χ1) is 18.5. The van der Waals surface area contributed by atoms with Crippen molar-refractivity contribution in [3.05, 3.63) is 102 Å². The Balaban J connectivity index is 1.45. The lowest BCUT2D eigenvalue weighted by atomic mass is 10.1. The van der Waals surface area contributed by atoms with Gasteiger partial charge in [0.2, 0.25) is 0 Å². The number of nitrogens with zero attached hydrogens (tertiary/aromatic N) is 6. The molecule has 10 heteroatoms. The number of imidazole rings is 2. The zero-order valence-electron chi connectivity index (χ0n) is 20.8. The van der Waals surface area contributed by atoms with Gasteiger partial charge in [0.1, 0.15) is 11.7 Å². The molecule has 1 atom stereocenters. The monoisotopic (exact) mass is 502 g/mol. The number of nitrogens with two attached hydrogens (primary N) is 1. The van der Waals surface area contributed by atoms with Crippen molar-refractivity contribution in [2.45, 2.75) is 13.0 Å². The molecule has 1 amide bonds. The van der Waals surface area contributed by atoms with Gasteiger partial charge in [0, 0.05) is 19.4 Å². The molecule has 6 aromatic rings. The molecule has 2 aromatic carbocycles. The Morgan fingerprint density at radius 1 is 1.08 bits per heavy atom. The molecule has 4 heterocycles. The third-order valence-electron chi connectivity index (χ3n) is 6.22. The maximum atomic E-state index is 13.4. The standard InChI is InChI=1S/C28H23N9O/c1-18(32-28(38)25-26(29)34-23-12-7-15-30-37(23)25)27-33-22-11-6-8-20(14-13-19-16-31-35(2)17-19)24(22)36(27)21-9-4-3-5-10-21/h3-12,15-18H,1-2H3,(H3,29,32,38)/p+1. The quantitative estimate of drug-likeness (QED) is 0.253. The van der Waals surface area contributed by atoms with E-state index in [-0.39, 0.29) is 17.4 Å². The van der Waals surface area contributed by atoms with Crippen LogP contribution < -0.4 is 15.6 Å². The van der Waals surface area contributed by atoms with Crippen molar-refractivity contribution in [1.29, 1.82) is 0 Å². The van der Waals surface area contributed by atoms with Crippen molar-refractivity contribution < 1.29 is 9.36 Å². The summed E-state index contributed by atoms with van der Waals surface area (Å²) >= 11 is 0. The van der Waals surface area contributed by atoms with Crippen LogP contribution in [0.3, 0.4) is 0 Å². The molecule has 0 fully saturated rings. The normalized spacial score (nSPS) is 11.8. The van der Waals surface area contributed by atoms with E-state index in [9.17, 15) is 4.79 Å². The number of hydrogen-bond donors (Lipinski definition) is 3. The number of aromatic amines is 1. The van der Waals surface area contributed by atoms with E-state index in [0.29, 0.717) is 5.65 Å². The third-order valence-corrected chi connectivity index (χ3v) is 6.22. The molecule has 4 N–H and O–H groups in total. The van der Waals surface area contributed by atoms with Crippen molar-refractivity contribution >= 4 is 28.4 Å². The van der Waals surface area contributed by atoms with E-state index in [0.717, 1.165) is 33.7 Å². The van der Waals surface area contributed by atoms with Crippen molar-refractivity contribution in [2.24, 2.45) is 7.05 Å². The Morgan fingerprint density at radius 3 is 2.71 bits per heavy atom. The van der Waals surface area contributed by atoms with Gasteiger partial charge >= 0.3 is 0 Å². The largest absolute Gasteiger partial charge is 0.382 e. The van der Waals surface area contributed by atoms with Crippen molar-refractivity contribution in [1.82, 2.24) is 34.7 Å². The molecule has 0 spiro atoms. The molecule has 0 bridgehead atoms. The van der Waals surface area contributed by atoms with Gasteiger partial charge in [-0.3, -0.25) is 9.48 Å². The molecule has 38 heavy (non-hydrogen) atoms. The first-order valence-electron chi connectivity index (χ1n) is 12.0.